The Bertz CT molecular complexity index is 535. The first-order valence-corrected chi connectivity index (χ1v) is 6.31. The molecule has 0 unspecified atom stereocenters. The number of benzene rings is 2. The van der Waals surface area contributed by atoms with E-state index in [9.17, 15) is 0 Å². The molecule has 0 saturated heterocycles. The molecule has 0 spiro atoms. The standard InChI is InChI=1S/C13H12BrClN2/c1-8-4-9(16)6-11(5-8)17-10-2-3-12(14)13(15)7-10/h2-7,17H,16H2,1H3. The van der Waals surface area contributed by atoms with E-state index < -0.39 is 0 Å². The average Bonchev–Trinajstić information content (AvgIpc) is 2.22. The van der Waals surface area contributed by atoms with Gasteiger partial charge in [-0.25, -0.2) is 0 Å². The SMILES string of the molecule is Cc1cc(N)cc(Nc2ccc(Br)c(Cl)c2)c1. The molecule has 0 atom stereocenters. The van der Waals surface area contributed by atoms with Gasteiger partial charge in [0.05, 0.1) is 5.02 Å². The highest BCUT2D eigenvalue weighted by atomic mass is 79.9. The van der Waals surface area contributed by atoms with Crippen molar-refractivity contribution in [2.45, 2.75) is 6.92 Å². The van der Waals surface area contributed by atoms with Crippen molar-refractivity contribution in [3.05, 3.63) is 51.5 Å². The van der Waals surface area contributed by atoms with Crippen molar-refractivity contribution in [1.29, 1.82) is 0 Å². The van der Waals surface area contributed by atoms with Crippen LogP contribution in [-0.2, 0) is 0 Å². The van der Waals surface area contributed by atoms with Crippen LogP contribution in [0.4, 0.5) is 17.1 Å². The summed E-state index contributed by atoms with van der Waals surface area (Å²) in [5.74, 6) is 0. The lowest BCUT2D eigenvalue weighted by Gasteiger charge is -2.09. The molecule has 17 heavy (non-hydrogen) atoms. The first-order chi connectivity index (χ1) is 8.04. The molecule has 2 aromatic rings. The summed E-state index contributed by atoms with van der Waals surface area (Å²) < 4.78 is 0.883. The summed E-state index contributed by atoms with van der Waals surface area (Å²) in [5.41, 5.74) is 9.55. The molecule has 0 bridgehead atoms. The molecular weight excluding hydrogens is 300 g/mol. The molecule has 4 heteroatoms. The molecule has 0 aliphatic carbocycles. The monoisotopic (exact) mass is 310 g/mol. The van der Waals surface area contributed by atoms with Gasteiger partial charge in [-0.3, -0.25) is 0 Å². The number of nitrogen functional groups attached to an aromatic ring is 1. The summed E-state index contributed by atoms with van der Waals surface area (Å²) in [6.07, 6.45) is 0. The summed E-state index contributed by atoms with van der Waals surface area (Å²) in [4.78, 5) is 0. The lowest BCUT2D eigenvalue weighted by Crippen LogP contribution is -1.93. The van der Waals surface area contributed by atoms with Gasteiger partial charge in [0.15, 0.2) is 0 Å². The number of halogens is 2. The summed E-state index contributed by atoms with van der Waals surface area (Å²) in [5, 5.41) is 3.94. The zero-order valence-electron chi connectivity index (χ0n) is 9.30. The summed E-state index contributed by atoms with van der Waals surface area (Å²) >= 11 is 9.39. The molecule has 0 fully saturated rings. The van der Waals surface area contributed by atoms with Crippen LogP contribution in [-0.4, -0.2) is 0 Å². The molecule has 0 radical (unpaired) electrons. The summed E-state index contributed by atoms with van der Waals surface area (Å²) in [7, 11) is 0. The van der Waals surface area contributed by atoms with Crippen LogP contribution in [0.1, 0.15) is 5.56 Å². The Kier molecular flexibility index (Phi) is 3.60. The van der Waals surface area contributed by atoms with E-state index in [4.69, 9.17) is 17.3 Å². The summed E-state index contributed by atoms with van der Waals surface area (Å²) in [6.45, 7) is 2.01. The smallest absolute Gasteiger partial charge is 0.0568 e. The maximum absolute atomic E-state index is 6.03. The van der Waals surface area contributed by atoms with Crippen LogP contribution in [0.5, 0.6) is 0 Å². The second-order valence-electron chi connectivity index (χ2n) is 3.89. The molecule has 2 rings (SSSR count). The molecule has 0 aliphatic rings. The topological polar surface area (TPSA) is 38.0 Å². The van der Waals surface area contributed by atoms with E-state index in [2.05, 4.69) is 21.2 Å². The third kappa shape index (κ3) is 3.14. The Morgan fingerprint density at radius 1 is 1.12 bits per heavy atom. The predicted molar refractivity (Wildman–Crippen MR) is 78.0 cm³/mol. The van der Waals surface area contributed by atoms with Crippen LogP contribution in [0, 0.1) is 6.92 Å². The van der Waals surface area contributed by atoms with Gasteiger partial charge in [0.2, 0.25) is 0 Å². The fraction of sp³-hybridized carbons (Fsp3) is 0.0769. The van der Waals surface area contributed by atoms with Crippen molar-refractivity contribution in [2.24, 2.45) is 0 Å². The Morgan fingerprint density at radius 2 is 1.88 bits per heavy atom. The van der Waals surface area contributed by atoms with Gasteiger partial charge in [-0.2, -0.15) is 0 Å². The maximum Gasteiger partial charge on any atom is 0.0568 e. The van der Waals surface area contributed by atoms with Crippen LogP contribution in [0.2, 0.25) is 5.02 Å². The van der Waals surface area contributed by atoms with Crippen molar-refractivity contribution in [3.8, 4) is 0 Å². The lowest BCUT2D eigenvalue weighted by molar-refractivity contribution is 1.45. The van der Waals surface area contributed by atoms with Crippen molar-refractivity contribution >= 4 is 44.6 Å². The molecule has 3 N–H and O–H groups in total. The maximum atomic E-state index is 6.03. The minimum absolute atomic E-state index is 0.677. The molecule has 0 aromatic heterocycles. The number of nitrogens with one attached hydrogen (secondary N) is 1. The van der Waals surface area contributed by atoms with Crippen molar-refractivity contribution < 1.29 is 0 Å². The van der Waals surface area contributed by atoms with Gasteiger partial charge in [-0.15, -0.1) is 0 Å². The lowest BCUT2D eigenvalue weighted by atomic mass is 10.2. The van der Waals surface area contributed by atoms with E-state index in [-0.39, 0.29) is 0 Å². The molecule has 2 nitrogen and oxygen atoms in total. The first kappa shape index (κ1) is 12.3. The van der Waals surface area contributed by atoms with Crippen molar-refractivity contribution in [3.63, 3.8) is 0 Å². The van der Waals surface area contributed by atoms with E-state index in [1.54, 1.807) is 0 Å². The van der Waals surface area contributed by atoms with Gasteiger partial charge in [-0.05, 0) is 64.8 Å². The highest BCUT2D eigenvalue weighted by Crippen LogP contribution is 2.28. The van der Waals surface area contributed by atoms with E-state index >= 15 is 0 Å². The Hall–Kier alpha value is -1.19. The molecule has 0 heterocycles. The average molecular weight is 312 g/mol. The quantitative estimate of drug-likeness (QED) is 0.786. The molecule has 88 valence electrons. The second kappa shape index (κ2) is 4.98. The fourth-order valence-corrected chi connectivity index (χ4v) is 2.05. The number of nitrogens with two attached hydrogens (primary N) is 1. The number of hydrogen-bond acceptors (Lipinski definition) is 2. The third-order valence-electron chi connectivity index (χ3n) is 2.31. The minimum Gasteiger partial charge on any atom is -0.399 e. The van der Waals surface area contributed by atoms with Gasteiger partial charge in [0, 0.05) is 21.5 Å². The van der Waals surface area contributed by atoms with Crippen LogP contribution >= 0.6 is 27.5 Å². The van der Waals surface area contributed by atoms with E-state index in [1.165, 1.54) is 0 Å². The molecular formula is C13H12BrClN2. The molecule has 0 aliphatic heterocycles. The Balaban J connectivity index is 2.28. The Labute approximate surface area is 114 Å². The molecule has 0 amide bonds. The van der Waals surface area contributed by atoms with Gasteiger partial charge >= 0.3 is 0 Å². The van der Waals surface area contributed by atoms with Crippen LogP contribution in [0.15, 0.2) is 40.9 Å². The predicted octanol–water partition coefficient (Wildman–Crippen LogP) is 4.74. The summed E-state index contributed by atoms with van der Waals surface area (Å²) in [6, 6.07) is 11.6. The van der Waals surface area contributed by atoms with Gasteiger partial charge in [0.25, 0.3) is 0 Å². The van der Waals surface area contributed by atoms with E-state index in [0.717, 1.165) is 27.1 Å². The number of aryl methyl sites for hydroxylation is 1. The first-order valence-electron chi connectivity index (χ1n) is 5.14. The van der Waals surface area contributed by atoms with Crippen LogP contribution in [0.3, 0.4) is 0 Å². The third-order valence-corrected chi connectivity index (χ3v) is 3.54. The van der Waals surface area contributed by atoms with Crippen LogP contribution in [0.25, 0.3) is 0 Å². The molecule has 2 aromatic carbocycles. The van der Waals surface area contributed by atoms with Gasteiger partial charge < -0.3 is 11.1 Å². The fourth-order valence-electron chi connectivity index (χ4n) is 1.63. The number of anilines is 3. The number of hydrogen-bond donors (Lipinski definition) is 2. The van der Waals surface area contributed by atoms with Crippen molar-refractivity contribution in [1.82, 2.24) is 0 Å². The zero-order valence-corrected chi connectivity index (χ0v) is 11.6. The van der Waals surface area contributed by atoms with E-state index in [0.29, 0.717) is 5.02 Å². The largest absolute Gasteiger partial charge is 0.399 e. The second-order valence-corrected chi connectivity index (χ2v) is 5.15. The van der Waals surface area contributed by atoms with Gasteiger partial charge in [0.1, 0.15) is 0 Å². The van der Waals surface area contributed by atoms with Gasteiger partial charge in [-0.1, -0.05) is 11.6 Å². The molecule has 0 saturated carbocycles. The Morgan fingerprint density at radius 3 is 2.53 bits per heavy atom. The van der Waals surface area contributed by atoms with Crippen molar-refractivity contribution in [2.75, 3.05) is 11.1 Å². The highest BCUT2D eigenvalue weighted by Gasteiger charge is 2.01. The van der Waals surface area contributed by atoms with Crippen LogP contribution < -0.4 is 11.1 Å². The normalized spacial score (nSPS) is 10.3. The minimum atomic E-state index is 0.677. The number of rotatable bonds is 2. The zero-order chi connectivity index (χ0) is 12.4. The highest BCUT2D eigenvalue weighted by molar-refractivity contribution is 9.10. The van der Waals surface area contributed by atoms with E-state index in [1.807, 2.05) is 43.3 Å².